The Morgan fingerprint density at radius 2 is 2.07 bits per heavy atom. The van der Waals surface area contributed by atoms with Crippen LogP contribution in [0, 0.1) is 0 Å². The Morgan fingerprint density at radius 3 is 2.63 bits per heavy atom. The quantitative estimate of drug-likeness (QED) is 0.466. The molecule has 8 nitrogen and oxygen atoms in total. The van der Waals surface area contributed by atoms with Gasteiger partial charge in [0.2, 0.25) is 0 Å². The van der Waals surface area contributed by atoms with Gasteiger partial charge in [-0.15, -0.1) is 0 Å². The fourth-order valence-electron chi connectivity index (χ4n) is 3.45. The Morgan fingerprint density at radius 1 is 1.33 bits per heavy atom. The van der Waals surface area contributed by atoms with Crippen LogP contribution in [0.5, 0.6) is 0 Å². The highest BCUT2D eigenvalue weighted by Gasteiger charge is 2.22. The van der Waals surface area contributed by atoms with E-state index in [-0.39, 0.29) is 12.1 Å². The van der Waals surface area contributed by atoms with E-state index in [2.05, 4.69) is 43.8 Å². The van der Waals surface area contributed by atoms with E-state index in [9.17, 15) is 4.79 Å². The Bertz CT molecular complexity index is 666. The van der Waals surface area contributed by atoms with Crippen LogP contribution in [0.3, 0.4) is 0 Å². The summed E-state index contributed by atoms with van der Waals surface area (Å²) in [7, 11) is 1.77. The van der Waals surface area contributed by atoms with Gasteiger partial charge in [0.25, 0.3) is 0 Å². The van der Waals surface area contributed by atoms with Crippen molar-refractivity contribution in [1.82, 2.24) is 20.9 Å². The maximum atomic E-state index is 12.1. The topological polar surface area (TPSA) is 90.9 Å². The number of nitrogens with zero attached hydrogens (tertiary/aromatic N) is 3. The lowest BCUT2D eigenvalue weighted by Gasteiger charge is -2.34. The number of hydrogen-bond acceptors (Lipinski definition) is 5. The molecule has 0 bridgehead atoms. The first-order chi connectivity index (χ1) is 14.3. The zero-order valence-electron chi connectivity index (χ0n) is 19.1. The van der Waals surface area contributed by atoms with Crippen LogP contribution in [0.25, 0.3) is 0 Å². The van der Waals surface area contributed by atoms with E-state index in [0.29, 0.717) is 12.6 Å². The molecule has 1 aromatic rings. The highest BCUT2D eigenvalue weighted by Crippen LogP contribution is 2.17. The molecule has 1 aliphatic heterocycles. The minimum absolute atomic E-state index is 0.0191. The molecule has 30 heavy (non-hydrogen) atoms. The highest BCUT2D eigenvalue weighted by atomic mass is 16.6. The van der Waals surface area contributed by atoms with Gasteiger partial charge in [0, 0.05) is 45.0 Å². The normalized spacial score (nSPS) is 16.7. The van der Waals surface area contributed by atoms with Crippen molar-refractivity contribution in [3.63, 3.8) is 0 Å². The lowest BCUT2D eigenvalue weighted by molar-refractivity contribution is 0.0502. The molecule has 0 saturated carbocycles. The summed E-state index contributed by atoms with van der Waals surface area (Å²) in [6, 6.07) is 6.36. The highest BCUT2D eigenvalue weighted by molar-refractivity contribution is 5.80. The summed E-state index contributed by atoms with van der Waals surface area (Å²) in [6.45, 7) is 10.2. The van der Waals surface area contributed by atoms with Crippen LogP contribution in [-0.2, 0) is 4.74 Å². The molecule has 1 aromatic heterocycles. The van der Waals surface area contributed by atoms with Crippen molar-refractivity contribution in [2.75, 3.05) is 31.6 Å². The van der Waals surface area contributed by atoms with Crippen LogP contribution in [0.4, 0.5) is 10.6 Å². The average Bonchev–Trinajstić information content (AvgIpc) is 2.71. The molecular formula is C22H38N6O2. The molecule has 1 fully saturated rings. The number of rotatable bonds is 7. The van der Waals surface area contributed by atoms with E-state index in [1.165, 1.54) is 0 Å². The molecule has 1 saturated heterocycles. The van der Waals surface area contributed by atoms with Crippen LogP contribution < -0.4 is 20.9 Å². The number of aliphatic imine (C=N–C) groups is 1. The van der Waals surface area contributed by atoms with Crippen LogP contribution in [0.15, 0.2) is 29.4 Å². The van der Waals surface area contributed by atoms with Crippen molar-refractivity contribution in [3.8, 4) is 0 Å². The van der Waals surface area contributed by atoms with Crippen LogP contribution in [0.1, 0.15) is 53.4 Å². The molecule has 0 aromatic carbocycles. The van der Waals surface area contributed by atoms with Gasteiger partial charge in [0.1, 0.15) is 11.4 Å². The molecule has 2 rings (SSSR count). The molecule has 0 aliphatic carbocycles. The summed E-state index contributed by atoms with van der Waals surface area (Å²) in [6.07, 6.45) is 5.33. The van der Waals surface area contributed by atoms with E-state index in [4.69, 9.17) is 4.74 Å². The number of anilines is 1. The molecule has 1 aliphatic rings. The lowest BCUT2D eigenvalue weighted by Crippen LogP contribution is -2.52. The van der Waals surface area contributed by atoms with Gasteiger partial charge in [-0.05, 0) is 52.2 Å². The number of carbonyl (C=O) groups is 1. The minimum Gasteiger partial charge on any atom is -0.444 e. The molecule has 2 heterocycles. The number of piperidine rings is 1. The summed E-state index contributed by atoms with van der Waals surface area (Å²) in [5, 5.41) is 9.83. The first-order valence-corrected chi connectivity index (χ1v) is 10.9. The van der Waals surface area contributed by atoms with Crippen molar-refractivity contribution in [2.24, 2.45) is 4.99 Å². The molecule has 3 N–H and O–H groups in total. The van der Waals surface area contributed by atoms with E-state index >= 15 is 0 Å². The van der Waals surface area contributed by atoms with Gasteiger partial charge < -0.3 is 25.6 Å². The molecule has 168 valence electrons. The number of hydrogen-bond donors (Lipinski definition) is 3. The Labute approximate surface area is 180 Å². The Hall–Kier alpha value is -2.51. The predicted molar refractivity (Wildman–Crippen MR) is 122 cm³/mol. The van der Waals surface area contributed by atoms with Crippen molar-refractivity contribution in [1.29, 1.82) is 0 Å². The number of nitrogens with one attached hydrogen (secondary N) is 3. The summed E-state index contributed by atoms with van der Waals surface area (Å²) in [5.74, 6) is 1.80. The lowest BCUT2D eigenvalue weighted by atomic mass is 10.1. The zero-order chi connectivity index (χ0) is 22.0. The maximum Gasteiger partial charge on any atom is 0.407 e. The summed E-state index contributed by atoms with van der Waals surface area (Å²) in [4.78, 5) is 23.2. The molecule has 1 unspecified atom stereocenters. The number of pyridine rings is 1. The van der Waals surface area contributed by atoms with E-state index in [1.807, 2.05) is 39.1 Å². The van der Waals surface area contributed by atoms with E-state index in [1.54, 1.807) is 7.05 Å². The van der Waals surface area contributed by atoms with Gasteiger partial charge in [0.05, 0.1) is 0 Å². The molecule has 1 amide bonds. The van der Waals surface area contributed by atoms with Crippen LogP contribution >= 0.6 is 0 Å². The van der Waals surface area contributed by atoms with Gasteiger partial charge in [-0.25, -0.2) is 9.78 Å². The largest absolute Gasteiger partial charge is 0.444 e. The van der Waals surface area contributed by atoms with E-state index < -0.39 is 5.60 Å². The predicted octanol–water partition coefficient (Wildman–Crippen LogP) is 2.91. The number of guanidine groups is 1. The molecular weight excluding hydrogens is 380 g/mol. The van der Waals surface area contributed by atoms with Gasteiger partial charge in [-0.2, -0.15) is 0 Å². The molecule has 8 heteroatoms. The number of aromatic nitrogens is 1. The molecule has 1 atom stereocenters. The van der Waals surface area contributed by atoms with E-state index in [0.717, 1.165) is 50.6 Å². The van der Waals surface area contributed by atoms with Crippen molar-refractivity contribution < 1.29 is 9.53 Å². The summed E-state index contributed by atoms with van der Waals surface area (Å²) >= 11 is 0. The first kappa shape index (κ1) is 23.8. The standard InChI is InChI=1S/C22H38N6O2/c1-6-9-18(27-21(29)30-22(2,3)4)16-25-20(23-5)26-17-11-14-28(15-12-17)19-10-7-8-13-24-19/h7-8,10,13,17-18H,6,9,11-12,14-16H2,1-5H3,(H,27,29)(H2,23,25,26). The van der Waals surface area contributed by atoms with Gasteiger partial charge in [-0.1, -0.05) is 19.4 Å². The molecule has 0 radical (unpaired) electrons. The number of ether oxygens (including phenoxy) is 1. The number of amides is 1. The van der Waals surface area contributed by atoms with Crippen molar-refractivity contribution in [3.05, 3.63) is 24.4 Å². The second kappa shape index (κ2) is 11.6. The van der Waals surface area contributed by atoms with Gasteiger partial charge in [0.15, 0.2) is 5.96 Å². The fraction of sp³-hybridized carbons (Fsp3) is 0.682. The number of carbonyl (C=O) groups excluding carboxylic acids is 1. The Kier molecular flexibility index (Phi) is 9.20. The van der Waals surface area contributed by atoms with Crippen molar-refractivity contribution in [2.45, 2.75) is 71.1 Å². The number of alkyl carbamates (subject to hydrolysis) is 1. The maximum absolute atomic E-state index is 12.1. The Balaban J connectivity index is 1.78. The average molecular weight is 419 g/mol. The second-order valence-electron chi connectivity index (χ2n) is 8.68. The zero-order valence-corrected chi connectivity index (χ0v) is 19.1. The smallest absolute Gasteiger partial charge is 0.407 e. The SMILES string of the molecule is CCCC(CNC(=NC)NC1CCN(c2ccccn2)CC1)NC(=O)OC(C)(C)C. The molecule has 0 spiro atoms. The van der Waals surface area contributed by atoms with Crippen molar-refractivity contribution >= 4 is 17.9 Å². The van der Waals surface area contributed by atoms with Gasteiger partial charge in [-0.3, -0.25) is 4.99 Å². The first-order valence-electron chi connectivity index (χ1n) is 10.9. The fourth-order valence-corrected chi connectivity index (χ4v) is 3.45. The third-order valence-corrected chi connectivity index (χ3v) is 4.91. The summed E-state index contributed by atoms with van der Waals surface area (Å²) in [5.41, 5.74) is -0.504. The van der Waals surface area contributed by atoms with Crippen LogP contribution in [-0.4, -0.2) is 61.4 Å². The second-order valence-corrected chi connectivity index (χ2v) is 8.68. The third kappa shape index (κ3) is 8.47. The minimum atomic E-state index is -0.504. The third-order valence-electron chi connectivity index (χ3n) is 4.91. The van der Waals surface area contributed by atoms with Gasteiger partial charge >= 0.3 is 6.09 Å². The monoisotopic (exact) mass is 418 g/mol. The summed E-state index contributed by atoms with van der Waals surface area (Å²) < 4.78 is 5.38. The van der Waals surface area contributed by atoms with Crippen LogP contribution in [0.2, 0.25) is 0 Å².